The number of carbonyl (C=O) groups is 2. The molecular weight excluding hydrogens is 334 g/mol. The number of nitrogens with one attached hydrogen (secondary N) is 1. The van der Waals surface area contributed by atoms with Crippen LogP contribution in [0.5, 0.6) is 0 Å². The van der Waals surface area contributed by atoms with E-state index in [1.165, 1.54) is 9.70 Å². The highest BCUT2D eigenvalue weighted by Crippen LogP contribution is 2.28. The van der Waals surface area contributed by atoms with Gasteiger partial charge in [-0.2, -0.15) is 4.80 Å². The Morgan fingerprint density at radius 1 is 1.42 bits per heavy atom. The monoisotopic (exact) mass is 357 g/mol. The number of esters is 1. The van der Waals surface area contributed by atoms with E-state index < -0.39 is 23.7 Å². The number of piperidine rings is 1. The van der Waals surface area contributed by atoms with Crippen molar-refractivity contribution < 1.29 is 19.1 Å². The SMILES string of the molecule is CCOC(=O)C1CC(n2nnc(=S)[nH]2)CCN1C(=O)OC(C)(C)C. The van der Waals surface area contributed by atoms with Gasteiger partial charge in [0.2, 0.25) is 4.77 Å². The Kier molecular flexibility index (Phi) is 5.58. The summed E-state index contributed by atoms with van der Waals surface area (Å²) in [6.07, 6.45) is 0.432. The summed E-state index contributed by atoms with van der Waals surface area (Å²) >= 11 is 4.92. The van der Waals surface area contributed by atoms with Crippen molar-refractivity contribution in [2.45, 2.75) is 58.2 Å². The van der Waals surface area contributed by atoms with Gasteiger partial charge in [-0.3, -0.25) is 10.00 Å². The number of nitrogens with zero attached hydrogens (tertiary/aromatic N) is 4. The molecule has 24 heavy (non-hydrogen) atoms. The highest BCUT2D eigenvalue weighted by atomic mass is 32.1. The van der Waals surface area contributed by atoms with Crippen molar-refractivity contribution in [3.05, 3.63) is 4.77 Å². The molecule has 0 aromatic carbocycles. The molecule has 1 amide bonds. The van der Waals surface area contributed by atoms with Crippen LogP contribution in [0.1, 0.15) is 46.6 Å². The molecule has 1 saturated heterocycles. The van der Waals surface area contributed by atoms with Crippen molar-refractivity contribution >= 4 is 24.3 Å². The molecule has 2 atom stereocenters. The van der Waals surface area contributed by atoms with Crippen LogP contribution >= 0.6 is 12.2 Å². The summed E-state index contributed by atoms with van der Waals surface area (Å²) in [5.74, 6) is -0.452. The van der Waals surface area contributed by atoms with E-state index in [0.717, 1.165) is 0 Å². The fourth-order valence-corrected chi connectivity index (χ4v) is 2.70. The fraction of sp³-hybridized carbons (Fsp3) is 0.786. The Bertz CT molecular complexity index is 650. The highest BCUT2D eigenvalue weighted by Gasteiger charge is 2.40. The van der Waals surface area contributed by atoms with Crippen molar-refractivity contribution in [2.75, 3.05) is 13.2 Å². The van der Waals surface area contributed by atoms with Crippen LogP contribution in [-0.2, 0) is 14.3 Å². The van der Waals surface area contributed by atoms with E-state index in [0.29, 0.717) is 19.4 Å². The van der Waals surface area contributed by atoms with Gasteiger partial charge in [-0.1, -0.05) is 5.10 Å². The predicted molar refractivity (Wildman–Crippen MR) is 86.8 cm³/mol. The van der Waals surface area contributed by atoms with Crippen molar-refractivity contribution in [1.29, 1.82) is 0 Å². The molecule has 10 heteroatoms. The van der Waals surface area contributed by atoms with Gasteiger partial charge in [0.15, 0.2) is 0 Å². The average molecular weight is 357 g/mol. The number of likely N-dealkylation sites (tertiary alicyclic amines) is 1. The van der Waals surface area contributed by atoms with Crippen LogP contribution in [-0.4, -0.2) is 62.0 Å². The molecule has 1 N–H and O–H groups in total. The summed E-state index contributed by atoms with van der Waals surface area (Å²) in [7, 11) is 0. The van der Waals surface area contributed by atoms with Crippen LogP contribution in [0.4, 0.5) is 4.79 Å². The lowest BCUT2D eigenvalue weighted by Gasteiger charge is -2.38. The predicted octanol–water partition coefficient (Wildman–Crippen LogP) is 1.84. The second kappa shape index (κ2) is 7.29. The van der Waals surface area contributed by atoms with Crippen molar-refractivity contribution in [3.8, 4) is 0 Å². The number of hydrogen-bond donors (Lipinski definition) is 1. The molecule has 1 fully saturated rings. The molecule has 1 aliphatic rings. The Hall–Kier alpha value is -1.97. The van der Waals surface area contributed by atoms with E-state index in [4.69, 9.17) is 21.7 Å². The minimum Gasteiger partial charge on any atom is -0.464 e. The van der Waals surface area contributed by atoms with Crippen LogP contribution in [0.3, 0.4) is 0 Å². The lowest BCUT2D eigenvalue weighted by Crippen LogP contribution is -2.52. The average Bonchev–Trinajstić information content (AvgIpc) is 2.91. The second-order valence-electron chi connectivity index (χ2n) is 6.57. The fourth-order valence-electron chi connectivity index (χ4n) is 2.57. The zero-order valence-corrected chi connectivity index (χ0v) is 15.1. The van der Waals surface area contributed by atoms with E-state index >= 15 is 0 Å². The third kappa shape index (κ3) is 4.53. The van der Waals surface area contributed by atoms with Gasteiger partial charge in [0.05, 0.1) is 12.6 Å². The number of carbonyl (C=O) groups excluding carboxylic acids is 2. The first-order valence-electron chi connectivity index (χ1n) is 7.89. The maximum Gasteiger partial charge on any atom is 0.411 e. The summed E-state index contributed by atoms with van der Waals surface area (Å²) in [4.78, 5) is 27.7. The number of hydrogen-bond acceptors (Lipinski definition) is 7. The van der Waals surface area contributed by atoms with E-state index in [-0.39, 0.29) is 17.4 Å². The smallest absolute Gasteiger partial charge is 0.411 e. The Labute approximate surface area is 145 Å². The van der Waals surface area contributed by atoms with Crippen LogP contribution in [0.25, 0.3) is 0 Å². The van der Waals surface area contributed by atoms with Gasteiger partial charge in [0.25, 0.3) is 0 Å². The summed E-state index contributed by atoms with van der Waals surface area (Å²) in [6, 6.07) is -0.855. The van der Waals surface area contributed by atoms with Gasteiger partial charge in [0.1, 0.15) is 11.6 Å². The zero-order valence-electron chi connectivity index (χ0n) is 14.3. The van der Waals surface area contributed by atoms with Crippen LogP contribution in [0.2, 0.25) is 0 Å². The Morgan fingerprint density at radius 3 is 2.67 bits per heavy atom. The standard InChI is InChI=1S/C14H23N5O4S/c1-5-22-11(20)10-8-9(19-16-12(24)15-17-19)6-7-18(10)13(21)23-14(2,3)4/h9-10H,5-8H2,1-4H3,(H,16,24). The van der Waals surface area contributed by atoms with Gasteiger partial charge in [-0.05, 0) is 51.5 Å². The molecule has 2 unspecified atom stereocenters. The first kappa shape index (κ1) is 18.4. The van der Waals surface area contributed by atoms with Crippen molar-refractivity contribution in [2.24, 2.45) is 0 Å². The highest BCUT2D eigenvalue weighted by molar-refractivity contribution is 7.71. The summed E-state index contributed by atoms with van der Waals surface area (Å²) in [5.41, 5.74) is -0.635. The topological polar surface area (TPSA) is 102 Å². The number of H-pyrrole nitrogens is 1. The van der Waals surface area contributed by atoms with Gasteiger partial charge in [-0.25, -0.2) is 9.59 Å². The van der Waals surface area contributed by atoms with E-state index in [2.05, 4.69) is 15.4 Å². The molecule has 0 saturated carbocycles. The number of aromatic nitrogens is 4. The molecule has 0 radical (unpaired) electrons. The minimum absolute atomic E-state index is 0.123. The zero-order chi connectivity index (χ0) is 17.9. The molecule has 2 heterocycles. The van der Waals surface area contributed by atoms with Crippen molar-refractivity contribution in [1.82, 2.24) is 25.1 Å². The lowest BCUT2D eigenvalue weighted by molar-refractivity contribution is -0.151. The van der Waals surface area contributed by atoms with Gasteiger partial charge < -0.3 is 9.47 Å². The quantitative estimate of drug-likeness (QED) is 0.650. The first-order valence-corrected chi connectivity index (χ1v) is 8.30. The number of amides is 1. The largest absolute Gasteiger partial charge is 0.464 e. The maximum atomic E-state index is 12.4. The Balaban J connectivity index is 2.18. The normalized spacial score (nSPS) is 21.4. The van der Waals surface area contributed by atoms with Gasteiger partial charge in [0, 0.05) is 13.0 Å². The molecule has 1 aliphatic heterocycles. The molecular formula is C14H23N5O4S. The molecule has 0 bridgehead atoms. The third-order valence-corrected chi connectivity index (χ3v) is 3.72. The molecule has 0 spiro atoms. The number of ether oxygens (including phenoxy) is 2. The minimum atomic E-state index is -0.732. The summed E-state index contributed by atoms with van der Waals surface area (Å²) in [5, 5.41) is 10.5. The van der Waals surface area contributed by atoms with E-state index in [1.54, 1.807) is 27.7 Å². The van der Waals surface area contributed by atoms with Gasteiger partial charge in [-0.15, -0.1) is 0 Å². The molecule has 0 aliphatic carbocycles. The number of aromatic amines is 1. The van der Waals surface area contributed by atoms with Crippen LogP contribution < -0.4 is 0 Å². The lowest BCUT2D eigenvalue weighted by atomic mass is 9.98. The molecule has 9 nitrogen and oxygen atoms in total. The number of tetrazole rings is 1. The van der Waals surface area contributed by atoms with E-state index in [1.807, 2.05) is 0 Å². The third-order valence-electron chi connectivity index (χ3n) is 3.55. The molecule has 1 aromatic rings. The Morgan fingerprint density at radius 2 is 2.12 bits per heavy atom. The maximum absolute atomic E-state index is 12.4. The molecule has 2 rings (SSSR count). The van der Waals surface area contributed by atoms with Crippen molar-refractivity contribution in [3.63, 3.8) is 0 Å². The summed E-state index contributed by atoms with van der Waals surface area (Å²) < 4.78 is 10.8. The summed E-state index contributed by atoms with van der Waals surface area (Å²) in [6.45, 7) is 7.67. The van der Waals surface area contributed by atoms with Gasteiger partial charge >= 0.3 is 12.1 Å². The van der Waals surface area contributed by atoms with E-state index in [9.17, 15) is 9.59 Å². The van der Waals surface area contributed by atoms with Crippen LogP contribution in [0.15, 0.2) is 0 Å². The number of rotatable bonds is 3. The van der Waals surface area contributed by atoms with Crippen LogP contribution in [0, 0.1) is 4.77 Å². The molecule has 134 valence electrons. The molecule has 1 aromatic heterocycles. The first-order chi connectivity index (χ1) is 11.2. The second-order valence-corrected chi connectivity index (χ2v) is 6.96.